The van der Waals surface area contributed by atoms with E-state index in [2.05, 4.69) is 0 Å². The van der Waals surface area contributed by atoms with E-state index in [4.69, 9.17) is 21.4 Å². The number of phenolic OH excluding ortho intramolecular Hbond substituents is 1. The van der Waals surface area contributed by atoms with Gasteiger partial charge < -0.3 is 14.9 Å². The van der Waals surface area contributed by atoms with E-state index in [0.29, 0.717) is 23.6 Å². The molecular formula is C10H13ClO3. The lowest BCUT2D eigenvalue weighted by molar-refractivity contribution is 0.288. The molecule has 1 aromatic carbocycles. The number of phenols is 1. The number of benzene rings is 1. The fourth-order valence-electron chi connectivity index (χ4n) is 1.21. The zero-order valence-corrected chi connectivity index (χ0v) is 8.71. The number of aromatic hydroxyl groups is 1. The second-order valence-corrected chi connectivity index (χ2v) is 3.35. The fraction of sp³-hybridized carbons (Fsp3) is 0.400. The summed E-state index contributed by atoms with van der Waals surface area (Å²) in [7, 11) is 1.48. The van der Waals surface area contributed by atoms with Crippen LogP contribution in [0.4, 0.5) is 0 Å². The van der Waals surface area contributed by atoms with Crippen molar-refractivity contribution in [1.82, 2.24) is 0 Å². The van der Waals surface area contributed by atoms with Gasteiger partial charge in [-0.1, -0.05) is 11.6 Å². The van der Waals surface area contributed by atoms with Crippen LogP contribution in [0.2, 0.25) is 5.02 Å². The van der Waals surface area contributed by atoms with Crippen LogP contribution in [0.5, 0.6) is 11.5 Å². The molecule has 0 amide bonds. The molecule has 1 rings (SSSR count). The van der Waals surface area contributed by atoms with Crippen LogP contribution in [0, 0.1) is 0 Å². The zero-order chi connectivity index (χ0) is 10.6. The largest absolute Gasteiger partial charge is 0.504 e. The number of hydrogen-bond donors (Lipinski definition) is 2. The van der Waals surface area contributed by atoms with Crippen molar-refractivity contribution in [3.8, 4) is 11.5 Å². The summed E-state index contributed by atoms with van der Waals surface area (Å²) in [4.78, 5) is 0. The highest BCUT2D eigenvalue weighted by Gasteiger charge is 2.07. The van der Waals surface area contributed by atoms with Crippen molar-refractivity contribution >= 4 is 11.6 Å². The number of rotatable bonds is 4. The van der Waals surface area contributed by atoms with Gasteiger partial charge in [-0.25, -0.2) is 0 Å². The van der Waals surface area contributed by atoms with Gasteiger partial charge in [-0.05, 0) is 24.5 Å². The van der Waals surface area contributed by atoms with Crippen LogP contribution in [0.15, 0.2) is 12.1 Å². The molecule has 0 saturated carbocycles. The van der Waals surface area contributed by atoms with Crippen molar-refractivity contribution in [3.63, 3.8) is 0 Å². The van der Waals surface area contributed by atoms with E-state index in [9.17, 15) is 5.11 Å². The molecule has 3 nitrogen and oxygen atoms in total. The van der Waals surface area contributed by atoms with Gasteiger partial charge in [-0.2, -0.15) is 0 Å². The van der Waals surface area contributed by atoms with Crippen LogP contribution in [-0.2, 0) is 6.42 Å². The van der Waals surface area contributed by atoms with E-state index >= 15 is 0 Å². The molecular weight excluding hydrogens is 204 g/mol. The Bertz CT molecular complexity index is 312. The van der Waals surface area contributed by atoms with Crippen molar-refractivity contribution in [2.75, 3.05) is 13.7 Å². The lowest BCUT2D eigenvalue weighted by Gasteiger charge is -2.08. The summed E-state index contributed by atoms with van der Waals surface area (Å²) in [5.74, 6) is 0.438. The third kappa shape index (κ3) is 2.53. The molecule has 14 heavy (non-hydrogen) atoms. The molecule has 78 valence electrons. The molecule has 0 aliphatic heterocycles. The highest BCUT2D eigenvalue weighted by Crippen LogP contribution is 2.32. The monoisotopic (exact) mass is 216 g/mol. The van der Waals surface area contributed by atoms with Gasteiger partial charge in [0, 0.05) is 17.7 Å². The Kier molecular flexibility index (Phi) is 4.04. The van der Waals surface area contributed by atoms with Gasteiger partial charge in [0.25, 0.3) is 0 Å². The Morgan fingerprint density at radius 1 is 1.43 bits per heavy atom. The Hall–Kier alpha value is -0.930. The van der Waals surface area contributed by atoms with Gasteiger partial charge in [0.15, 0.2) is 11.5 Å². The molecule has 0 unspecified atom stereocenters. The van der Waals surface area contributed by atoms with Crippen molar-refractivity contribution < 1.29 is 14.9 Å². The van der Waals surface area contributed by atoms with E-state index < -0.39 is 0 Å². The van der Waals surface area contributed by atoms with E-state index in [1.165, 1.54) is 13.2 Å². The molecule has 0 radical (unpaired) electrons. The molecule has 0 aliphatic carbocycles. The second kappa shape index (κ2) is 5.08. The first-order valence-corrected chi connectivity index (χ1v) is 4.73. The van der Waals surface area contributed by atoms with E-state index in [-0.39, 0.29) is 12.4 Å². The number of aryl methyl sites for hydroxylation is 1. The molecule has 0 heterocycles. The second-order valence-electron chi connectivity index (χ2n) is 2.94. The molecule has 0 saturated heterocycles. The van der Waals surface area contributed by atoms with Crippen LogP contribution in [0.1, 0.15) is 12.0 Å². The number of aliphatic hydroxyl groups excluding tert-OH is 1. The SMILES string of the molecule is COc1cc(CCCO)c(Cl)cc1O. The normalized spacial score (nSPS) is 10.2. The molecule has 0 aliphatic rings. The summed E-state index contributed by atoms with van der Waals surface area (Å²) in [5, 5.41) is 18.6. The summed E-state index contributed by atoms with van der Waals surface area (Å²) in [6.07, 6.45) is 1.32. The minimum atomic E-state index is 0.0326. The Labute approximate surface area is 87.9 Å². The zero-order valence-electron chi connectivity index (χ0n) is 7.96. The minimum Gasteiger partial charge on any atom is -0.504 e. The highest BCUT2D eigenvalue weighted by atomic mass is 35.5. The van der Waals surface area contributed by atoms with Gasteiger partial charge in [-0.3, -0.25) is 0 Å². The number of hydrogen-bond acceptors (Lipinski definition) is 3. The first kappa shape index (κ1) is 11.1. The van der Waals surface area contributed by atoms with E-state index in [1.54, 1.807) is 6.07 Å². The van der Waals surface area contributed by atoms with Crippen LogP contribution < -0.4 is 4.74 Å². The van der Waals surface area contributed by atoms with E-state index in [0.717, 1.165) is 5.56 Å². The number of halogens is 1. The Balaban J connectivity index is 2.92. The number of ether oxygens (including phenoxy) is 1. The van der Waals surface area contributed by atoms with Gasteiger partial charge in [-0.15, -0.1) is 0 Å². The highest BCUT2D eigenvalue weighted by molar-refractivity contribution is 6.31. The first-order chi connectivity index (χ1) is 6.69. The minimum absolute atomic E-state index is 0.0326. The van der Waals surface area contributed by atoms with Crippen LogP contribution in [-0.4, -0.2) is 23.9 Å². The molecule has 4 heteroatoms. The number of aliphatic hydroxyl groups is 1. The van der Waals surface area contributed by atoms with Gasteiger partial charge >= 0.3 is 0 Å². The smallest absolute Gasteiger partial charge is 0.160 e. The van der Waals surface area contributed by atoms with Crippen LogP contribution in [0.3, 0.4) is 0 Å². The third-order valence-corrected chi connectivity index (χ3v) is 2.30. The molecule has 0 spiro atoms. The molecule has 0 fully saturated rings. The average Bonchev–Trinajstić information content (AvgIpc) is 2.17. The standard InChI is InChI=1S/C10H13ClO3/c1-14-10-5-7(3-2-4-12)8(11)6-9(10)13/h5-6,12-13H,2-4H2,1H3. The number of methoxy groups -OCH3 is 1. The maximum absolute atomic E-state index is 9.38. The van der Waals surface area contributed by atoms with Gasteiger partial charge in [0.1, 0.15) is 0 Å². The average molecular weight is 217 g/mol. The van der Waals surface area contributed by atoms with Gasteiger partial charge in [0.05, 0.1) is 7.11 Å². The fourth-order valence-corrected chi connectivity index (χ4v) is 1.46. The summed E-state index contributed by atoms with van der Waals surface area (Å²) in [6.45, 7) is 0.125. The lowest BCUT2D eigenvalue weighted by Crippen LogP contribution is -1.92. The summed E-state index contributed by atoms with van der Waals surface area (Å²) < 4.78 is 4.95. The summed E-state index contributed by atoms with van der Waals surface area (Å²) in [5.41, 5.74) is 0.871. The molecule has 0 atom stereocenters. The van der Waals surface area contributed by atoms with Crippen molar-refractivity contribution in [1.29, 1.82) is 0 Å². The summed E-state index contributed by atoms with van der Waals surface area (Å²) in [6, 6.07) is 3.14. The van der Waals surface area contributed by atoms with Crippen molar-refractivity contribution in [2.24, 2.45) is 0 Å². The van der Waals surface area contributed by atoms with Gasteiger partial charge in [0.2, 0.25) is 0 Å². The Morgan fingerprint density at radius 2 is 2.14 bits per heavy atom. The molecule has 0 aromatic heterocycles. The van der Waals surface area contributed by atoms with Crippen LogP contribution >= 0.6 is 11.6 Å². The quantitative estimate of drug-likeness (QED) is 0.809. The summed E-state index contributed by atoms with van der Waals surface area (Å²) >= 11 is 5.90. The maximum Gasteiger partial charge on any atom is 0.160 e. The predicted octanol–water partition coefficient (Wildman–Crippen LogP) is 1.98. The van der Waals surface area contributed by atoms with Crippen LogP contribution in [0.25, 0.3) is 0 Å². The van der Waals surface area contributed by atoms with Crippen molar-refractivity contribution in [2.45, 2.75) is 12.8 Å². The molecule has 1 aromatic rings. The molecule has 2 N–H and O–H groups in total. The topological polar surface area (TPSA) is 49.7 Å². The predicted molar refractivity (Wildman–Crippen MR) is 55.1 cm³/mol. The van der Waals surface area contributed by atoms with E-state index in [1.807, 2.05) is 0 Å². The lowest BCUT2D eigenvalue weighted by atomic mass is 10.1. The van der Waals surface area contributed by atoms with Crippen molar-refractivity contribution in [3.05, 3.63) is 22.7 Å². The molecule has 0 bridgehead atoms. The third-order valence-electron chi connectivity index (χ3n) is 1.95. The first-order valence-electron chi connectivity index (χ1n) is 4.35. The Morgan fingerprint density at radius 3 is 2.71 bits per heavy atom. The maximum atomic E-state index is 9.38.